The van der Waals surface area contributed by atoms with E-state index in [1.165, 1.54) is 5.69 Å². The van der Waals surface area contributed by atoms with Crippen molar-refractivity contribution in [3.63, 3.8) is 0 Å². The fraction of sp³-hybridized carbons (Fsp3) is 0.667. The Labute approximate surface area is 116 Å². The van der Waals surface area contributed by atoms with Crippen molar-refractivity contribution < 1.29 is 4.79 Å². The van der Waals surface area contributed by atoms with Gasteiger partial charge in [-0.2, -0.15) is 0 Å². The Bertz CT molecular complexity index is 425. The first-order valence-electron chi connectivity index (χ1n) is 7.19. The molecular weight excluding hydrogens is 238 g/mol. The molecular formula is C15H25N3O. The van der Waals surface area contributed by atoms with Crippen molar-refractivity contribution in [1.29, 1.82) is 0 Å². The topological polar surface area (TPSA) is 28.5 Å². The second kappa shape index (κ2) is 6.24. The number of rotatable bonds is 5. The minimum atomic E-state index is 0.213. The quantitative estimate of drug-likeness (QED) is 0.761. The number of aromatic nitrogens is 1. The second-order valence-corrected chi connectivity index (χ2v) is 5.65. The van der Waals surface area contributed by atoms with Crippen LogP contribution in [0, 0.1) is 0 Å². The summed E-state index contributed by atoms with van der Waals surface area (Å²) in [6.45, 7) is 4.96. The van der Waals surface area contributed by atoms with Gasteiger partial charge >= 0.3 is 0 Å². The lowest BCUT2D eigenvalue weighted by molar-refractivity contribution is -0.134. The zero-order chi connectivity index (χ0) is 13.8. The Morgan fingerprint density at radius 1 is 1.37 bits per heavy atom. The van der Waals surface area contributed by atoms with Crippen LogP contribution in [0.25, 0.3) is 0 Å². The number of fused-ring (bicyclic) bond motifs is 1. The predicted octanol–water partition coefficient (Wildman–Crippen LogP) is 2.12. The zero-order valence-electron chi connectivity index (χ0n) is 12.3. The Balaban J connectivity index is 1.84. The van der Waals surface area contributed by atoms with Crippen molar-refractivity contribution in [3.05, 3.63) is 24.0 Å². The summed E-state index contributed by atoms with van der Waals surface area (Å²) in [5.41, 5.74) is 1.26. The number of carbonyl (C=O) groups excluding carboxylic acids is 1. The molecule has 4 heteroatoms. The fourth-order valence-electron chi connectivity index (χ4n) is 2.77. The largest absolute Gasteiger partial charge is 0.348 e. The molecule has 2 rings (SSSR count). The number of amides is 1. The maximum absolute atomic E-state index is 12.3. The highest BCUT2D eigenvalue weighted by molar-refractivity contribution is 5.76. The summed E-state index contributed by atoms with van der Waals surface area (Å²) in [4.78, 5) is 16.5. The predicted molar refractivity (Wildman–Crippen MR) is 77.0 cm³/mol. The van der Waals surface area contributed by atoms with Crippen molar-refractivity contribution in [3.8, 4) is 0 Å². The average molecular weight is 263 g/mol. The van der Waals surface area contributed by atoms with Gasteiger partial charge in [-0.25, -0.2) is 0 Å². The van der Waals surface area contributed by atoms with Gasteiger partial charge in [-0.3, -0.25) is 4.79 Å². The summed E-state index contributed by atoms with van der Waals surface area (Å²) < 4.78 is 2.25. The molecule has 1 aromatic heterocycles. The molecule has 0 aliphatic carbocycles. The summed E-state index contributed by atoms with van der Waals surface area (Å²) in [6, 6.07) is 4.40. The van der Waals surface area contributed by atoms with Gasteiger partial charge in [0.15, 0.2) is 0 Å². The fourth-order valence-corrected chi connectivity index (χ4v) is 2.77. The third kappa shape index (κ3) is 3.38. The smallest absolute Gasteiger partial charge is 0.223 e. The lowest BCUT2D eigenvalue weighted by Crippen LogP contribution is -2.40. The molecule has 0 saturated carbocycles. The number of carbonyl (C=O) groups is 1. The van der Waals surface area contributed by atoms with Crippen LogP contribution in [0.4, 0.5) is 0 Å². The van der Waals surface area contributed by atoms with Gasteiger partial charge in [0.1, 0.15) is 0 Å². The van der Waals surface area contributed by atoms with Gasteiger partial charge in [-0.05, 0) is 52.5 Å². The van der Waals surface area contributed by atoms with E-state index in [-0.39, 0.29) is 6.04 Å². The van der Waals surface area contributed by atoms with E-state index in [9.17, 15) is 4.79 Å². The van der Waals surface area contributed by atoms with Crippen LogP contribution in [0.5, 0.6) is 0 Å². The lowest BCUT2D eigenvalue weighted by atomic mass is 10.1. The van der Waals surface area contributed by atoms with E-state index >= 15 is 0 Å². The first-order chi connectivity index (χ1) is 9.09. The Morgan fingerprint density at radius 2 is 2.16 bits per heavy atom. The summed E-state index contributed by atoms with van der Waals surface area (Å²) in [5, 5.41) is 0. The van der Waals surface area contributed by atoms with Crippen LogP contribution in [-0.2, 0) is 11.3 Å². The van der Waals surface area contributed by atoms with Crippen LogP contribution in [0.15, 0.2) is 18.3 Å². The van der Waals surface area contributed by atoms with Gasteiger partial charge in [0.05, 0.1) is 6.04 Å². The minimum absolute atomic E-state index is 0.213. The molecule has 0 saturated heterocycles. The molecule has 1 aliphatic rings. The van der Waals surface area contributed by atoms with E-state index in [4.69, 9.17) is 0 Å². The molecule has 0 N–H and O–H groups in total. The molecule has 0 unspecified atom stereocenters. The van der Waals surface area contributed by atoms with Crippen LogP contribution in [0.3, 0.4) is 0 Å². The molecule has 0 bridgehead atoms. The summed E-state index contributed by atoms with van der Waals surface area (Å²) in [5.74, 6) is 0.304. The van der Waals surface area contributed by atoms with Gasteiger partial charge < -0.3 is 14.4 Å². The van der Waals surface area contributed by atoms with Crippen LogP contribution < -0.4 is 0 Å². The highest BCUT2D eigenvalue weighted by atomic mass is 16.2. The SMILES string of the molecule is C[C@@H]1c2cccn2CCN1C(=O)CCCCN(C)C. The van der Waals surface area contributed by atoms with Gasteiger partial charge in [0.25, 0.3) is 0 Å². The Morgan fingerprint density at radius 3 is 2.89 bits per heavy atom. The highest BCUT2D eigenvalue weighted by Crippen LogP contribution is 2.26. The lowest BCUT2D eigenvalue weighted by Gasteiger charge is -2.35. The van der Waals surface area contributed by atoms with Gasteiger partial charge in [-0.15, -0.1) is 0 Å². The zero-order valence-corrected chi connectivity index (χ0v) is 12.3. The molecule has 1 atom stereocenters. The van der Waals surface area contributed by atoms with Crippen molar-refractivity contribution in [2.45, 2.75) is 38.8 Å². The van der Waals surface area contributed by atoms with Crippen LogP contribution in [0.1, 0.15) is 37.9 Å². The van der Waals surface area contributed by atoms with E-state index < -0.39 is 0 Å². The number of nitrogens with zero attached hydrogens (tertiary/aromatic N) is 3. The molecule has 0 aromatic carbocycles. The number of hydrogen-bond donors (Lipinski definition) is 0. The van der Waals surface area contributed by atoms with Crippen molar-refractivity contribution in [2.24, 2.45) is 0 Å². The maximum atomic E-state index is 12.3. The van der Waals surface area contributed by atoms with E-state index in [1.807, 2.05) is 4.90 Å². The third-order valence-electron chi connectivity index (χ3n) is 3.91. The maximum Gasteiger partial charge on any atom is 0.223 e. The average Bonchev–Trinajstić information content (AvgIpc) is 2.83. The van der Waals surface area contributed by atoms with Crippen molar-refractivity contribution in [2.75, 3.05) is 27.2 Å². The minimum Gasteiger partial charge on any atom is -0.348 e. The van der Waals surface area contributed by atoms with E-state index in [1.54, 1.807) is 0 Å². The summed E-state index contributed by atoms with van der Waals surface area (Å²) in [6.07, 6.45) is 4.86. The van der Waals surface area contributed by atoms with E-state index in [2.05, 4.69) is 48.8 Å². The van der Waals surface area contributed by atoms with Crippen LogP contribution in [0.2, 0.25) is 0 Å². The molecule has 4 nitrogen and oxygen atoms in total. The Kier molecular flexibility index (Phi) is 4.64. The van der Waals surface area contributed by atoms with Crippen molar-refractivity contribution in [1.82, 2.24) is 14.4 Å². The Hall–Kier alpha value is -1.29. The van der Waals surface area contributed by atoms with E-state index in [0.717, 1.165) is 32.5 Å². The molecule has 1 amide bonds. The standard InChI is InChI=1S/C15H25N3O/c1-13-14-7-6-10-17(14)11-12-18(13)15(19)8-4-5-9-16(2)3/h6-7,10,13H,4-5,8-9,11-12H2,1-3H3/t13-/m1/s1. The van der Waals surface area contributed by atoms with Gasteiger partial charge in [-0.1, -0.05) is 0 Å². The first-order valence-corrected chi connectivity index (χ1v) is 7.19. The third-order valence-corrected chi connectivity index (χ3v) is 3.91. The molecule has 2 heterocycles. The monoisotopic (exact) mass is 263 g/mol. The first kappa shape index (κ1) is 14.1. The van der Waals surface area contributed by atoms with Gasteiger partial charge in [0.2, 0.25) is 5.91 Å². The normalized spacial score (nSPS) is 18.7. The molecule has 1 aliphatic heterocycles. The number of hydrogen-bond acceptors (Lipinski definition) is 2. The molecule has 1 aromatic rings. The molecule has 19 heavy (non-hydrogen) atoms. The molecule has 0 fully saturated rings. The second-order valence-electron chi connectivity index (χ2n) is 5.65. The van der Waals surface area contributed by atoms with Crippen molar-refractivity contribution >= 4 is 5.91 Å². The van der Waals surface area contributed by atoms with Gasteiger partial charge in [0, 0.05) is 31.4 Å². The highest BCUT2D eigenvalue weighted by Gasteiger charge is 2.26. The number of unbranched alkanes of at least 4 members (excludes halogenated alkanes) is 1. The molecule has 0 radical (unpaired) electrons. The van der Waals surface area contributed by atoms with Crippen LogP contribution in [-0.4, -0.2) is 47.5 Å². The van der Waals surface area contributed by atoms with Crippen LogP contribution >= 0.6 is 0 Å². The molecule has 0 spiro atoms. The van der Waals surface area contributed by atoms with E-state index in [0.29, 0.717) is 12.3 Å². The summed E-state index contributed by atoms with van der Waals surface area (Å²) in [7, 11) is 4.14. The summed E-state index contributed by atoms with van der Waals surface area (Å²) >= 11 is 0. The molecule has 106 valence electrons.